The van der Waals surface area contributed by atoms with Gasteiger partial charge in [0.1, 0.15) is 19.5 Å². The Hall–Kier alpha value is -0.610. The van der Waals surface area contributed by atoms with Gasteiger partial charge < -0.3 is 14.2 Å². The predicted octanol–water partition coefficient (Wildman–Crippen LogP) is 3.25. The molecule has 23 heavy (non-hydrogen) atoms. The highest BCUT2D eigenvalue weighted by molar-refractivity contribution is 5.73. The monoisotopic (exact) mass is 322 g/mol. The third-order valence-electron chi connectivity index (χ3n) is 7.28. The van der Waals surface area contributed by atoms with Crippen molar-refractivity contribution >= 4 is 5.97 Å². The minimum Gasteiger partial charge on any atom is -0.463 e. The van der Waals surface area contributed by atoms with Crippen LogP contribution in [-0.2, 0) is 19.0 Å². The number of hydrogen-bond donors (Lipinski definition) is 0. The van der Waals surface area contributed by atoms with Crippen LogP contribution in [0, 0.1) is 41.4 Å². The van der Waals surface area contributed by atoms with E-state index < -0.39 is 0 Å². The zero-order valence-corrected chi connectivity index (χ0v) is 14.4. The molecule has 0 aromatic heterocycles. The summed E-state index contributed by atoms with van der Waals surface area (Å²) in [6.07, 6.45) is 6.25. The molecule has 3 saturated carbocycles. The molecule has 130 valence electrons. The molecule has 1 aliphatic heterocycles. The molecular weight excluding hydrogens is 292 g/mol. The Kier molecular flexibility index (Phi) is 4.39. The van der Waals surface area contributed by atoms with Crippen molar-refractivity contribution < 1.29 is 19.0 Å². The summed E-state index contributed by atoms with van der Waals surface area (Å²) >= 11 is 0. The summed E-state index contributed by atoms with van der Waals surface area (Å²) < 4.78 is 16.1. The third kappa shape index (κ3) is 2.62. The number of carbonyl (C=O) groups is 1. The van der Waals surface area contributed by atoms with Gasteiger partial charge in [0.05, 0.1) is 12.5 Å². The van der Waals surface area contributed by atoms with Gasteiger partial charge in [-0.25, -0.2) is 0 Å². The van der Waals surface area contributed by atoms with E-state index >= 15 is 0 Å². The van der Waals surface area contributed by atoms with Crippen LogP contribution in [0.2, 0.25) is 0 Å². The summed E-state index contributed by atoms with van der Waals surface area (Å²) in [5, 5.41) is 0. The summed E-state index contributed by atoms with van der Waals surface area (Å²) in [6.45, 7) is 5.91. The van der Waals surface area contributed by atoms with Crippen molar-refractivity contribution in [1.29, 1.82) is 0 Å². The highest BCUT2D eigenvalue weighted by atomic mass is 16.7. The van der Waals surface area contributed by atoms with Gasteiger partial charge in [0.25, 0.3) is 0 Å². The molecule has 8 atom stereocenters. The molecule has 4 nitrogen and oxygen atoms in total. The number of rotatable bonds is 5. The zero-order valence-electron chi connectivity index (χ0n) is 14.4. The first-order chi connectivity index (χ1) is 11.2. The molecule has 0 aromatic rings. The highest BCUT2D eigenvalue weighted by Crippen LogP contribution is 2.65. The van der Waals surface area contributed by atoms with Crippen LogP contribution >= 0.6 is 0 Å². The molecule has 0 spiro atoms. The summed E-state index contributed by atoms with van der Waals surface area (Å²) in [4.78, 5) is 12.6. The van der Waals surface area contributed by atoms with Gasteiger partial charge in [0, 0.05) is 0 Å². The van der Waals surface area contributed by atoms with Crippen molar-refractivity contribution in [3.8, 4) is 0 Å². The van der Waals surface area contributed by atoms with E-state index in [0.717, 1.165) is 36.0 Å². The molecular formula is C19H30O4. The molecule has 0 radical (unpaired) electrons. The van der Waals surface area contributed by atoms with E-state index in [1.165, 1.54) is 25.7 Å². The predicted molar refractivity (Wildman–Crippen MR) is 85.5 cm³/mol. The lowest BCUT2D eigenvalue weighted by molar-refractivity contribution is -0.155. The fraction of sp³-hybridized carbons (Fsp3) is 0.947. The summed E-state index contributed by atoms with van der Waals surface area (Å²) in [5.74, 6) is 4.95. The van der Waals surface area contributed by atoms with Crippen LogP contribution in [0.3, 0.4) is 0 Å². The Labute approximate surface area is 139 Å². The Balaban J connectivity index is 1.40. The lowest BCUT2D eigenvalue weighted by atomic mass is 9.70. The van der Waals surface area contributed by atoms with E-state index in [2.05, 4.69) is 13.8 Å². The van der Waals surface area contributed by atoms with E-state index in [0.29, 0.717) is 25.9 Å². The van der Waals surface area contributed by atoms with E-state index in [9.17, 15) is 4.79 Å². The quantitative estimate of drug-likeness (QED) is 0.729. The fourth-order valence-corrected chi connectivity index (χ4v) is 6.42. The molecule has 2 bridgehead atoms. The van der Waals surface area contributed by atoms with Crippen LogP contribution in [0.4, 0.5) is 0 Å². The molecule has 4 rings (SSSR count). The highest BCUT2D eigenvalue weighted by Gasteiger charge is 2.61. The molecule has 1 heterocycles. The van der Waals surface area contributed by atoms with Crippen molar-refractivity contribution in [2.75, 3.05) is 20.0 Å². The first-order valence-corrected chi connectivity index (χ1v) is 9.58. The summed E-state index contributed by atoms with van der Waals surface area (Å²) in [5.41, 5.74) is 0. The largest absolute Gasteiger partial charge is 0.463 e. The summed E-state index contributed by atoms with van der Waals surface area (Å²) in [6, 6.07) is 0. The molecule has 3 aliphatic carbocycles. The number of fused-ring (bicyclic) bond motifs is 5. The Morgan fingerprint density at radius 2 is 1.87 bits per heavy atom. The van der Waals surface area contributed by atoms with Crippen LogP contribution in [0.1, 0.15) is 46.0 Å². The van der Waals surface area contributed by atoms with Gasteiger partial charge in [-0.05, 0) is 54.8 Å². The molecule has 4 aliphatic rings. The maximum absolute atomic E-state index is 12.6. The maximum atomic E-state index is 12.6. The lowest BCUT2D eigenvalue weighted by Gasteiger charge is -2.34. The second-order valence-electron chi connectivity index (χ2n) is 8.14. The third-order valence-corrected chi connectivity index (χ3v) is 7.28. The fourth-order valence-electron chi connectivity index (χ4n) is 6.42. The Morgan fingerprint density at radius 1 is 1.09 bits per heavy atom. The van der Waals surface area contributed by atoms with Crippen LogP contribution in [0.25, 0.3) is 0 Å². The van der Waals surface area contributed by atoms with Gasteiger partial charge in [0.2, 0.25) is 0 Å². The zero-order chi connectivity index (χ0) is 16.0. The van der Waals surface area contributed by atoms with Crippen molar-refractivity contribution in [3.63, 3.8) is 0 Å². The second-order valence-corrected chi connectivity index (χ2v) is 8.14. The molecule has 0 aromatic carbocycles. The average molecular weight is 322 g/mol. The number of hydrogen-bond acceptors (Lipinski definition) is 4. The van der Waals surface area contributed by atoms with Gasteiger partial charge in [-0.15, -0.1) is 0 Å². The first-order valence-electron chi connectivity index (χ1n) is 9.58. The summed E-state index contributed by atoms with van der Waals surface area (Å²) in [7, 11) is 0. The van der Waals surface area contributed by atoms with Crippen LogP contribution in [0.5, 0.6) is 0 Å². The SMILES string of the molecule is CCC1CC(CC)C2C3CC(CC3C(=O)OCC3COCO3)C12. The normalized spacial score (nSPS) is 47.9. The standard InChI is InChI=1S/C19H30O4/c1-3-11-5-12(4-2)18-15-6-13(17(11)18)7-16(15)19(20)22-9-14-8-21-10-23-14/h11-18H,3-10H2,1-2H3. The van der Waals surface area contributed by atoms with E-state index in [4.69, 9.17) is 14.2 Å². The van der Waals surface area contributed by atoms with Crippen molar-refractivity contribution in [2.45, 2.75) is 52.1 Å². The van der Waals surface area contributed by atoms with Gasteiger partial charge >= 0.3 is 5.97 Å². The number of carbonyl (C=O) groups excluding carboxylic acids is 1. The first kappa shape index (κ1) is 15.9. The van der Waals surface area contributed by atoms with Crippen molar-refractivity contribution in [2.24, 2.45) is 41.4 Å². The second kappa shape index (κ2) is 6.36. The molecule has 1 saturated heterocycles. The Bertz CT molecular complexity index is 445. The van der Waals surface area contributed by atoms with Crippen molar-refractivity contribution in [3.05, 3.63) is 0 Å². The Morgan fingerprint density at radius 3 is 2.57 bits per heavy atom. The van der Waals surface area contributed by atoms with E-state index in [1.54, 1.807) is 0 Å². The maximum Gasteiger partial charge on any atom is 0.309 e. The molecule has 0 amide bonds. The molecule has 8 unspecified atom stereocenters. The number of esters is 1. The molecule has 0 N–H and O–H groups in total. The molecule has 4 heteroatoms. The van der Waals surface area contributed by atoms with E-state index in [1.807, 2.05) is 0 Å². The van der Waals surface area contributed by atoms with Gasteiger partial charge in [-0.1, -0.05) is 26.7 Å². The lowest BCUT2D eigenvalue weighted by Crippen LogP contribution is -2.35. The average Bonchev–Trinajstić information content (AvgIpc) is 3.33. The van der Waals surface area contributed by atoms with Gasteiger partial charge in [-0.3, -0.25) is 4.79 Å². The smallest absolute Gasteiger partial charge is 0.309 e. The van der Waals surface area contributed by atoms with E-state index in [-0.39, 0.29) is 18.0 Å². The minimum absolute atomic E-state index is 0.0289. The van der Waals surface area contributed by atoms with Crippen LogP contribution in [-0.4, -0.2) is 32.1 Å². The topological polar surface area (TPSA) is 44.8 Å². The van der Waals surface area contributed by atoms with Crippen molar-refractivity contribution in [1.82, 2.24) is 0 Å². The van der Waals surface area contributed by atoms with Crippen LogP contribution < -0.4 is 0 Å². The minimum atomic E-state index is -0.0652. The number of ether oxygens (including phenoxy) is 3. The molecule has 4 fully saturated rings. The van der Waals surface area contributed by atoms with Gasteiger partial charge in [-0.2, -0.15) is 0 Å². The van der Waals surface area contributed by atoms with Crippen LogP contribution in [0.15, 0.2) is 0 Å². The van der Waals surface area contributed by atoms with Gasteiger partial charge in [0.15, 0.2) is 0 Å².